The number of pyridine rings is 1. The second-order valence-electron chi connectivity index (χ2n) is 4.32. The molecule has 3 nitrogen and oxygen atoms in total. The van der Waals surface area contributed by atoms with E-state index in [1.807, 2.05) is 12.1 Å². The summed E-state index contributed by atoms with van der Waals surface area (Å²) < 4.78 is 19.9. The lowest BCUT2D eigenvalue weighted by Gasteiger charge is -2.08. The van der Waals surface area contributed by atoms with E-state index in [4.69, 9.17) is 4.74 Å². The third kappa shape index (κ3) is 4.28. The van der Waals surface area contributed by atoms with Crippen molar-refractivity contribution in [1.82, 2.24) is 10.3 Å². The first-order valence-corrected chi connectivity index (χ1v) is 7.28. The Hall–Kier alpha value is -1.46. The van der Waals surface area contributed by atoms with Crippen molar-refractivity contribution < 1.29 is 9.13 Å². The Bertz CT molecular complexity index is 578. The molecule has 106 valence electrons. The summed E-state index contributed by atoms with van der Waals surface area (Å²) in [7, 11) is 0. The van der Waals surface area contributed by atoms with E-state index in [1.165, 1.54) is 6.07 Å². The molecule has 0 amide bonds. The summed E-state index contributed by atoms with van der Waals surface area (Å²) >= 11 is 3.29. The topological polar surface area (TPSA) is 34.1 Å². The number of aromatic nitrogens is 1. The first-order chi connectivity index (χ1) is 9.69. The molecule has 0 aliphatic carbocycles. The number of halogens is 2. The van der Waals surface area contributed by atoms with E-state index >= 15 is 0 Å². The van der Waals surface area contributed by atoms with Gasteiger partial charge in [-0.05, 0) is 37.2 Å². The Labute approximate surface area is 126 Å². The van der Waals surface area contributed by atoms with Crippen LogP contribution in [0.1, 0.15) is 19.0 Å². The maximum atomic E-state index is 13.6. The number of ether oxygens (including phenoxy) is 1. The normalized spacial score (nSPS) is 10.6. The number of hydrogen-bond donors (Lipinski definition) is 1. The summed E-state index contributed by atoms with van der Waals surface area (Å²) in [6.07, 6.45) is 1.07. The molecule has 5 heteroatoms. The molecule has 0 aliphatic rings. The van der Waals surface area contributed by atoms with Gasteiger partial charge in [-0.1, -0.05) is 28.9 Å². The maximum absolute atomic E-state index is 13.6. The van der Waals surface area contributed by atoms with E-state index in [0.29, 0.717) is 12.4 Å². The molecule has 0 unspecified atom stereocenters. The molecule has 0 atom stereocenters. The van der Waals surface area contributed by atoms with Crippen LogP contribution in [-0.2, 0) is 6.54 Å². The third-order valence-corrected chi connectivity index (χ3v) is 3.12. The van der Waals surface area contributed by atoms with E-state index in [1.54, 1.807) is 18.2 Å². The zero-order valence-electron chi connectivity index (χ0n) is 11.2. The molecule has 1 aromatic heterocycles. The second kappa shape index (κ2) is 7.36. The number of nitrogens with zero attached hydrogens (tertiary/aromatic N) is 1. The van der Waals surface area contributed by atoms with Gasteiger partial charge in [0, 0.05) is 17.1 Å². The van der Waals surface area contributed by atoms with Crippen LogP contribution in [0.15, 0.2) is 40.9 Å². The Morgan fingerprint density at radius 2 is 2.15 bits per heavy atom. The van der Waals surface area contributed by atoms with Crippen molar-refractivity contribution >= 4 is 15.9 Å². The van der Waals surface area contributed by atoms with Crippen LogP contribution < -0.4 is 10.1 Å². The number of benzene rings is 1. The van der Waals surface area contributed by atoms with Gasteiger partial charge in [-0.15, -0.1) is 0 Å². The number of nitrogens with one attached hydrogen (secondary N) is 1. The summed E-state index contributed by atoms with van der Waals surface area (Å²) in [5, 5.41) is 3.26. The highest BCUT2D eigenvalue weighted by molar-refractivity contribution is 9.10. The second-order valence-corrected chi connectivity index (χ2v) is 5.24. The first kappa shape index (κ1) is 14.9. The molecule has 0 spiro atoms. The van der Waals surface area contributed by atoms with Crippen molar-refractivity contribution in [3.8, 4) is 11.6 Å². The summed E-state index contributed by atoms with van der Waals surface area (Å²) in [5.41, 5.74) is 0.867. The molecule has 1 heterocycles. The highest BCUT2D eigenvalue weighted by atomic mass is 79.9. The molecule has 2 aromatic rings. The quantitative estimate of drug-likeness (QED) is 0.798. The summed E-state index contributed by atoms with van der Waals surface area (Å²) in [6.45, 7) is 3.72. The Kier molecular flexibility index (Phi) is 5.49. The van der Waals surface area contributed by atoms with Crippen LogP contribution in [0.2, 0.25) is 0 Å². The summed E-state index contributed by atoms with van der Waals surface area (Å²) in [6, 6.07) is 10.0. The SMILES string of the molecule is CCCNCc1cccc(Oc2cc(Br)ccc2F)n1. The van der Waals surface area contributed by atoms with Crippen LogP contribution in [0.5, 0.6) is 11.6 Å². The molecule has 2 rings (SSSR count). The van der Waals surface area contributed by atoms with Crippen molar-refractivity contribution in [3.63, 3.8) is 0 Å². The monoisotopic (exact) mass is 338 g/mol. The zero-order valence-corrected chi connectivity index (χ0v) is 12.8. The number of rotatable bonds is 6. The fourth-order valence-corrected chi connectivity index (χ4v) is 2.01. The molecule has 0 radical (unpaired) electrons. The van der Waals surface area contributed by atoms with E-state index < -0.39 is 5.82 Å². The van der Waals surface area contributed by atoms with Crippen molar-refractivity contribution in [1.29, 1.82) is 0 Å². The lowest BCUT2D eigenvalue weighted by molar-refractivity contribution is 0.425. The molecule has 0 saturated carbocycles. The predicted molar refractivity (Wildman–Crippen MR) is 80.4 cm³/mol. The molecule has 0 fully saturated rings. The minimum atomic E-state index is -0.412. The van der Waals surface area contributed by atoms with E-state index in [9.17, 15) is 4.39 Å². The molecule has 0 bridgehead atoms. The van der Waals surface area contributed by atoms with Crippen LogP contribution in [-0.4, -0.2) is 11.5 Å². The smallest absolute Gasteiger partial charge is 0.219 e. The van der Waals surface area contributed by atoms with Gasteiger partial charge in [-0.3, -0.25) is 0 Å². The molecule has 0 saturated heterocycles. The van der Waals surface area contributed by atoms with Crippen LogP contribution >= 0.6 is 15.9 Å². The molecular weight excluding hydrogens is 323 g/mol. The standard InChI is InChI=1S/C15H16BrFN2O/c1-2-8-18-10-12-4-3-5-15(19-12)20-14-9-11(16)6-7-13(14)17/h3-7,9,18H,2,8,10H2,1H3. The first-order valence-electron chi connectivity index (χ1n) is 6.48. The summed E-state index contributed by atoms with van der Waals surface area (Å²) in [4.78, 5) is 4.34. The van der Waals surface area contributed by atoms with Crippen LogP contribution in [0.25, 0.3) is 0 Å². The average molecular weight is 339 g/mol. The van der Waals surface area contributed by atoms with Crippen LogP contribution in [0.3, 0.4) is 0 Å². The van der Waals surface area contributed by atoms with Gasteiger partial charge in [-0.25, -0.2) is 9.37 Å². The Balaban J connectivity index is 2.09. The minimum Gasteiger partial charge on any atom is -0.436 e. The van der Waals surface area contributed by atoms with Gasteiger partial charge >= 0.3 is 0 Å². The average Bonchev–Trinajstić information content (AvgIpc) is 2.44. The van der Waals surface area contributed by atoms with Crippen LogP contribution in [0.4, 0.5) is 4.39 Å². The fourth-order valence-electron chi connectivity index (χ4n) is 1.67. The lowest BCUT2D eigenvalue weighted by atomic mass is 10.3. The van der Waals surface area contributed by atoms with E-state index in [-0.39, 0.29) is 5.75 Å². The highest BCUT2D eigenvalue weighted by Gasteiger charge is 2.07. The lowest BCUT2D eigenvalue weighted by Crippen LogP contribution is -2.14. The van der Waals surface area contributed by atoms with E-state index in [0.717, 1.165) is 23.1 Å². The number of hydrogen-bond acceptors (Lipinski definition) is 3. The van der Waals surface area contributed by atoms with Crippen molar-refractivity contribution in [3.05, 3.63) is 52.4 Å². The van der Waals surface area contributed by atoms with Crippen molar-refractivity contribution in [2.45, 2.75) is 19.9 Å². The van der Waals surface area contributed by atoms with Gasteiger partial charge in [-0.2, -0.15) is 0 Å². The van der Waals surface area contributed by atoms with Crippen molar-refractivity contribution in [2.75, 3.05) is 6.54 Å². The molecule has 20 heavy (non-hydrogen) atoms. The zero-order chi connectivity index (χ0) is 14.4. The molecule has 0 aliphatic heterocycles. The molecule has 1 N–H and O–H groups in total. The van der Waals surface area contributed by atoms with Crippen LogP contribution in [0, 0.1) is 5.82 Å². The van der Waals surface area contributed by atoms with Gasteiger partial charge in [0.25, 0.3) is 0 Å². The largest absolute Gasteiger partial charge is 0.436 e. The van der Waals surface area contributed by atoms with E-state index in [2.05, 4.69) is 33.2 Å². The van der Waals surface area contributed by atoms with Crippen molar-refractivity contribution in [2.24, 2.45) is 0 Å². The summed E-state index contributed by atoms with van der Waals surface area (Å²) in [5.74, 6) is 0.132. The fraction of sp³-hybridized carbons (Fsp3) is 0.267. The molecule has 1 aromatic carbocycles. The van der Waals surface area contributed by atoms with Gasteiger partial charge < -0.3 is 10.1 Å². The van der Waals surface area contributed by atoms with Gasteiger partial charge in [0.2, 0.25) is 5.88 Å². The third-order valence-electron chi connectivity index (χ3n) is 2.62. The Morgan fingerprint density at radius 1 is 1.30 bits per heavy atom. The maximum Gasteiger partial charge on any atom is 0.219 e. The minimum absolute atomic E-state index is 0.158. The Morgan fingerprint density at radius 3 is 2.95 bits per heavy atom. The van der Waals surface area contributed by atoms with Gasteiger partial charge in [0.15, 0.2) is 11.6 Å². The van der Waals surface area contributed by atoms with Gasteiger partial charge in [0.1, 0.15) is 0 Å². The van der Waals surface area contributed by atoms with Gasteiger partial charge in [0.05, 0.1) is 5.69 Å². The predicted octanol–water partition coefficient (Wildman–Crippen LogP) is 4.28. The highest BCUT2D eigenvalue weighted by Crippen LogP contribution is 2.26. The molecular formula is C15H16BrFN2O.